The molecule has 0 saturated heterocycles. The molecule has 1 atom stereocenters. The van der Waals surface area contributed by atoms with Crippen LogP contribution in [0.1, 0.15) is 50.6 Å². The van der Waals surface area contributed by atoms with Crippen LogP contribution >= 0.6 is 0 Å². The van der Waals surface area contributed by atoms with Gasteiger partial charge in [-0.1, -0.05) is 30.7 Å². The van der Waals surface area contributed by atoms with E-state index in [0.29, 0.717) is 0 Å². The molecule has 1 N–H and O–H groups in total. The number of halogens is 1. The minimum absolute atomic E-state index is 0.147. The Bertz CT molecular complexity index is 411. The summed E-state index contributed by atoms with van der Waals surface area (Å²) in [6.45, 7) is 3.12. The average Bonchev–Trinajstić information content (AvgIpc) is 2.88. The molecule has 0 amide bonds. The number of rotatable bonds is 6. The summed E-state index contributed by atoms with van der Waals surface area (Å²) in [7, 11) is 0. The Labute approximate surface area is 109 Å². The van der Waals surface area contributed by atoms with Crippen molar-refractivity contribution in [2.24, 2.45) is 0 Å². The standard InChI is InChI=1S/C16H22FN/c1-2-16(14-8-5-9-15(17)12-14)18-11-10-13-6-3-4-7-13/h5-6,8-9,12,16,18H,2-4,7,10-11H2,1H3. The molecule has 1 nitrogen and oxygen atoms in total. The molecular weight excluding hydrogens is 225 g/mol. The Hall–Kier alpha value is -1.15. The zero-order chi connectivity index (χ0) is 12.8. The van der Waals surface area contributed by atoms with Crippen molar-refractivity contribution in [3.63, 3.8) is 0 Å². The maximum atomic E-state index is 13.2. The van der Waals surface area contributed by atoms with Crippen LogP contribution in [0.3, 0.4) is 0 Å². The lowest BCUT2D eigenvalue weighted by molar-refractivity contribution is 0.516. The number of allylic oxidation sites excluding steroid dienone is 1. The van der Waals surface area contributed by atoms with Crippen LogP contribution in [0.4, 0.5) is 4.39 Å². The summed E-state index contributed by atoms with van der Waals surface area (Å²) in [6, 6.07) is 7.19. The lowest BCUT2D eigenvalue weighted by Gasteiger charge is -2.17. The summed E-state index contributed by atoms with van der Waals surface area (Å²) in [5, 5.41) is 3.53. The SMILES string of the molecule is CCC(NCCC1=CCCC1)c1cccc(F)c1. The molecule has 0 aromatic heterocycles. The topological polar surface area (TPSA) is 12.0 Å². The fourth-order valence-electron chi connectivity index (χ4n) is 2.59. The van der Waals surface area contributed by atoms with E-state index in [1.807, 2.05) is 6.07 Å². The predicted octanol–water partition coefficient (Wildman–Crippen LogP) is 4.37. The summed E-state index contributed by atoms with van der Waals surface area (Å²) in [5.41, 5.74) is 2.63. The Morgan fingerprint density at radius 1 is 1.39 bits per heavy atom. The zero-order valence-electron chi connectivity index (χ0n) is 11.1. The Kier molecular flexibility index (Phi) is 4.94. The maximum absolute atomic E-state index is 13.2. The lowest BCUT2D eigenvalue weighted by Crippen LogP contribution is -2.22. The molecule has 0 fully saturated rings. The van der Waals surface area contributed by atoms with Gasteiger partial charge in [0, 0.05) is 6.04 Å². The molecule has 18 heavy (non-hydrogen) atoms. The van der Waals surface area contributed by atoms with Gasteiger partial charge in [0.15, 0.2) is 0 Å². The van der Waals surface area contributed by atoms with E-state index in [-0.39, 0.29) is 11.9 Å². The summed E-state index contributed by atoms with van der Waals surface area (Å²) in [4.78, 5) is 0. The van der Waals surface area contributed by atoms with Crippen molar-refractivity contribution in [1.82, 2.24) is 5.32 Å². The molecule has 0 bridgehead atoms. The van der Waals surface area contributed by atoms with Crippen LogP contribution in [0, 0.1) is 5.82 Å². The van der Waals surface area contributed by atoms with Crippen LogP contribution in [0.5, 0.6) is 0 Å². The minimum atomic E-state index is -0.147. The van der Waals surface area contributed by atoms with Gasteiger partial charge >= 0.3 is 0 Å². The van der Waals surface area contributed by atoms with Gasteiger partial charge in [-0.25, -0.2) is 4.39 Å². The van der Waals surface area contributed by atoms with Gasteiger partial charge in [0.1, 0.15) is 5.82 Å². The van der Waals surface area contributed by atoms with Crippen molar-refractivity contribution in [1.29, 1.82) is 0 Å². The van der Waals surface area contributed by atoms with Crippen LogP contribution in [0.15, 0.2) is 35.9 Å². The van der Waals surface area contributed by atoms with Gasteiger partial charge in [-0.05, 0) is 56.3 Å². The van der Waals surface area contributed by atoms with E-state index in [9.17, 15) is 4.39 Å². The molecule has 0 heterocycles. The normalized spacial score (nSPS) is 16.7. The highest BCUT2D eigenvalue weighted by atomic mass is 19.1. The van der Waals surface area contributed by atoms with E-state index in [1.54, 1.807) is 17.7 Å². The second-order valence-corrected chi connectivity index (χ2v) is 4.97. The minimum Gasteiger partial charge on any atom is -0.310 e. The lowest BCUT2D eigenvalue weighted by atomic mass is 10.0. The molecular formula is C16H22FN. The third-order valence-corrected chi connectivity index (χ3v) is 3.63. The Morgan fingerprint density at radius 2 is 2.28 bits per heavy atom. The van der Waals surface area contributed by atoms with E-state index in [2.05, 4.69) is 18.3 Å². The molecule has 0 saturated carbocycles. The third-order valence-electron chi connectivity index (χ3n) is 3.63. The summed E-state index contributed by atoms with van der Waals surface area (Å²) in [5.74, 6) is -0.147. The largest absolute Gasteiger partial charge is 0.310 e. The molecule has 2 heteroatoms. The number of nitrogens with one attached hydrogen (secondary N) is 1. The zero-order valence-corrected chi connectivity index (χ0v) is 11.1. The molecule has 2 rings (SSSR count). The van der Waals surface area contributed by atoms with Crippen LogP contribution in [-0.4, -0.2) is 6.54 Å². The summed E-state index contributed by atoms with van der Waals surface area (Å²) >= 11 is 0. The average molecular weight is 247 g/mol. The molecule has 98 valence electrons. The van der Waals surface area contributed by atoms with Gasteiger partial charge in [-0.3, -0.25) is 0 Å². The maximum Gasteiger partial charge on any atom is 0.123 e. The van der Waals surface area contributed by atoms with Crippen molar-refractivity contribution in [3.8, 4) is 0 Å². The van der Waals surface area contributed by atoms with Crippen LogP contribution < -0.4 is 5.32 Å². The van der Waals surface area contributed by atoms with Crippen LogP contribution in [-0.2, 0) is 0 Å². The van der Waals surface area contributed by atoms with E-state index < -0.39 is 0 Å². The number of hydrogen-bond donors (Lipinski definition) is 1. The highest BCUT2D eigenvalue weighted by molar-refractivity contribution is 5.20. The van der Waals surface area contributed by atoms with Crippen molar-refractivity contribution in [3.05, 3.63) is 47.3 Å². The number of hydrogen-bond acceptors (Lipinski definition) is 1. The smallest absolute Gasteiger partial charge is 0.123 e. The van der Waals surface area contributed by atoms with Gasteiger partial charge in [-0.15, -0.1) is 0 Å². The van der Waals surface area contributed by atoms with Crippen molar-refractivity contribution in [2.75, 3.05) is 6.54 Å². The fraction of sp³-hybridized carbons (Fsp3) is 0.500. The number of benzene rings is 1. The van der Waals surface area contributed by atoms with E-state index in [0.717, 1.165) is 24.9 Å². The molecule has 1 aliphatic carbocycles. The molecule has 0 aliphatic heterocycles. The fourth-order valence-corrected chi connectivity index (χ4v) is 2.59. The second kappa shape index (κ2) is 6.69. The summed E-state index contributed by atoms with van der Waals surface area (Å²) in [6.07, 6.45) is 8.31. The van der Waals surface area contributed by atoms with Gasteiger partial charge in [0.25, 0.3) is 0 Å². The van der Waals surface area contributed by atoms with Gasteiger partial charge < -0.3 is 5.32 Å². The van der Waals surface area contributed by atoms with Crippen molar-refractivity contribution < 1.29 is 4.39 Å². The molecule has 1 aromatic rings. The second-order valence-electron chi connectivity index (χ2n) is 4.97. The van der Waals surface area contributed by atoms with E-state index in [1.165, 1.54) is 25.3 Å². The van der Waals surface area contributed by atoms with Crippen LogP contribution in [0.25, 0.3) is 0 Å². The first-order valence-electron chi connectivity index (χ1n) is 6.96. The van der Waals surface area contributed by atoms with Gasteiger partial charge in [0.05, 0.1) is 0 Å². The van der Waals surface area contributed by atoms with E-state index >= 15 is 0 Å². The first kappa shape index (κ1) is 13.3. The predicted molar refractivity (Wildman–Crippen MR) is 74.0 cm³/mol. The Morgan fingerprint density at radius 3 is 2.94 bits per heavy atom. The van der Waals surface area contributed by atoms with Crippen molar-refractivity contribution >= 4 is 0 Å². The van der Waals surface area contributed by atoms with Gasteiger partial charge in [0.2, 0.25) is 0 Å². The molecule has 0 spiro atoms. The Balaban J connectivity index is 1.85. The third kappa shape index (κ3) is 3.67. The van der Waals surface area contributed by atoms with E-state index in [4.69, 9.17) is 0 Å². The monoisotopic (exact) mass is 247 g/mol. The molecule has 0 radical (unpaired) electrons. The molecule has 1 aromatic carbocycles. The highest BCUT2D eigenvalue weighted by Crippen LogP contribution is 2.21. The first-order valence-corrected chi connectivity index (χ1v) is 6.96. The highest BCUT2D eigenvalue weighted by Gasteiger charge is 2.10. The van der Waals surface area contributed by atoms with Crippen molar-refractivity contribution in [2.45, 2.75) is 45.1 Å². The molecule has 1 aliphatic rings. The van der Waals surface area contributed by atoms with Crippen LogP contribution in [0.2, 0.25) is 0 Å². The molecule has 1 unspecified atom stereocenters. The quantitative estimate of drug-likeness (QED) is 0.736. The summed E-state index contributed by atoms with van der Waals surface area (Å²) < 4.78 is 13.2. The van der Waals surface area contributed by atoms with Gasteiger partial charge in [-0.2, -0.15) is 0 Å². The first-order chi connectivity index (χ1) is 8.79.